The maximum Gasteiger partial charge on any atom is 2.00 e. The predicted molar refractivity (Wildman–Crippen MR) is 167 cm³/mol. The molecule has 0 saturated heterocycles. The molecule has 15 heteroatoms. The molecule has 2 aromatic heterocycles. The molecular formula is C29H25N5O6P2V2. The number of fused-ring (bicyclic) bond motifs is 1. The quantitative estimate of drug-likeness (QED) is 0.149. The molecule has 44 heavy (non-hydrogen) atoms. The van der Waals surface area contributed by atoms with Crippen LogP contribution in [0.25, 0.3) is 55.9 Å². The number of hydrogen-bond acceptors (Lipinski definition) is 7. The van der Waals surface area contributed by atoms with E-state index in [-0.39, 0.29) is 54.3 Å². The van der Waals surface area contributed by atoms with Crippen LogP contribution in [0.3, 0.4) is 0 Å². The second-order valence-electron chi connectivity index (χ2n) is 8.22. The summed E-state index contributed by atoms with van der Waals surface area (Å²) < 4.78 is 7.56. The molecule has 0 saturated carbocycles. The Morgan fingerprint density at radius 1 is 0.682 bits per heavy atom. The standard InChI is InChI=1S/C25H17N3O2P2.2C2H5NO2.2V/c29-14-31-24-10-9-22(27-24)21-8-7-19-11-18(5-6-20(19)12-21)16-1-3-17(4-2-16)23-13-26-25(28-23)32-15-30;2*1-5-2(3)4;;/h1-13,27,31-32H,(H,26,28);2*1H3,(H2,3,4);;/q-2;;;2*+2/p-2. The molecule has 2 atom stereocenters. The molecule has 0 spiro atoms. The Labute approximate surface area is 281 Å². The number of amides is 2. The summed E-state index contributed by atoms with van der Waals surface area (Å²) in [5.74, 6) is 0. The minimum atomic E-state index is -0.995. The zero-order valence-corrected chi connectivity index (χ0v) is 28.1. The van der Waals surface area contributed by atoms with Gasteiger partial charge >= 0.3 is 37.1 Å². The summed E-state index contributed by atoms with van der Waals surface area (Å²) in [6.45, 7) is 0. The Kier molecular flexibility index (Phi) is 17.1. The number of nitrogens with zero attached hydrogens (tertiary/aromatic N) is 1. The fourth-order valence-electron chi connectivity index (χ4n) is 3.71. The number of hydrogen-bond donors (Lipinski definition) is 2. The van der Waals surface area contributed by atoms with Crippen molar-refractivity contribution in [3.8, 4) is 33.6 Å². The van der Waals surface area contributed by atoms with Gasteiger partial charge in [0.25, 0.3) is 0 Å². The Morgan fingerprint density at radius 3 is 1.73 bits per heavy atom. The molecule has 5 aromatic rings. The van der Waals surface area contributed by atoms with E-state index in [0.29, 0.717) is 5.57 Å². The van der Waals surface area contributed by atoms with Gasteiger partial charge in [-0.15, -0.1) is 0 Å². The molecule has 0 fully saturated rings. The minimum Gasteiger partial charge on any atom is -0.632 e. The third kappa shape index (κ3) is 11.4. The SMILES string of the molecule is COC([NH-])=O.COC([NH-])=O.O=[C-]Pc1ccc(-c2ccc3cc(-c4ccc(-c5cnc(P[C-]=O)[nH]5)cc4)ccc3c2)[nH]1.[V+2].[V+2]. The van der Waals surface area contributed by atoms with E-state index in [1.165, 1.54) is 0 Å². The van der Waals surface area contributed by atoms with Crippen LogP contribution in [0.2, 0.25) is 0 Å². The molecule has 3 aromatic carbocycles. The van der Waals surface area contributed by atoms with Gasteiger partial charge in [0.15, 0.2) is 0 Å². The van der Waals surface area contributed by atoms with Gasteiger partial charge in [0.05, 0.1) is 31.7 Å². The third-order valence-corrected chi connectivity index (χ3v) is 6.92. The minimum absolute atomic E-state index is 0. The average molecular weight is 703 g/mol. The number of H-pyrrole nitrogens is 2. The van der Waals surface area contributed by atoms with E-state index in [9.17, 15) is 19.2 Å². The predicted octanol–water partition coefficient (Wildman–Crippen LogP) is 6.24. The van der Waals surface area contributed by atoms with E-state index < -0.39 is 12.2 Å². The maximum absolute atomic E-state index is 10.6. The first-order chi connectivity index (χ1) is 20.3. The molecule has 11 nitrogen and oxygen atoms in total. The number of benzene rings is 3. The number of rotatable bonds is 7. The van der Waals surface area contributed by atoms with Crippen LogP contribution < -0.4 is 11.0 Å². The molecule has 222 valence electrons. The molecule has 4 N–H and O–H groups in total. The number of carbonyl (C=O) groups is 2. The zero-order valence-electron chi connectivity index (χ0n) is 23.3. The second-order valence-corrected chi connectivity index (χ2v) is 10.1. The van der Waals surface area contributed by atoms with Crippen LogP contribution in [0.4, 0.5) is 9.59 Å². The number of aromatic amines is 2. The summed E-state index contributed by atoms with van der Waals surface area (Å²) in [5, 5.41) is 2.32. The van der Waals surface area contributed by atoms with Gasteiger partial charge in [-0.2, -0.15) is 8.58 Å². The van der Waals surface area contributed by atoms with E-state index in [2.05, 4.69) is 73.0 Å². The second kappa shape index (κ2) is 19.6. The largest absolute Gasteiger partial charge is 2.00 e. The van der Waals surface area contributed by atoms with Crippen molar-refractivity contribution < 1.29 is 65.8 Å². The molecule has 0 bridgehead atoms. The molecule has 2 radical (unpaired) electrons. The summed E-state index contributed by atoms with van der Waals surface area (Å²) in [6.07, 6.45) is -0.248. The van der Waals surface area contributed by atoms with Gasteiger partial charge < -0.3 is 40.5 Å². The smallest absolute Gasteiger partial charge is 0.632 e. The van der Waals surface area contributed by atoms with E-state index in [0.717, 1.165) is 64.1 Å². The van der Waals surface area contributed by atoms with E-state index in [4.69, 9.17) is 11.5 Å². The molecule has 2 heterocycles. The van der Waals surface area contributed by atoms with Crippen molar-refractivity contribution >= 4 is 63.2 Å². The van der Waals surface area contributed by atoms with E-state index in [1.54, 1.807) is 6.20 Å². The fraction of sp³-hybridized carbons (Fsp3) is 0.0690. The number of imidazole rings is 1. The Bertz CT molecular complexity index is 1660. The summed E-state index contributed by atoms with van der Waals surface area (Å²) in [7, 11) is 2.27. The van der Waals surface area contributed by atoms with Crippen molar-refractivity contribution in [3.63, 3.8) is 0 Å². The van der Waals surface area contributed by atoms with Crippen LogP contribution in [0.1, 0.15) is 0 Å². The Balaban J connectivity index is 0.000000705. The summed E-state index contributed by atoms with van der Waals surface area (Å²) in [4.78, 5) is 50.3. The number of aromatic nitrogens is 3. The van der Waals surface area contributed by atoms with Crippen LogP contribution in [0.5, 0.6) is 0 Å². The molecule has 2 amide bonds. The van der Waals surface area contributed by atoms with Gasteiger partial charge in [0, 0.05) is 11.1 Å². The molecular weight excluding hydrogens is 678 g/mol. The van der Waals surface area contributed by atoms with Crippen LogP contribution in [-0.4, -0.2) is 53.4 Å². The van der Waals surface area contributed by atoms with E-state index in [1.807, 2.05) is 36.3 Å². The molecule has 0 aliphatic carbocycles. The van der Waals surface area contributed by atoms with Crippen molar-refractivity contribution in [1.82, 2.24) is 15.0 Å². The summed E-state index contributed by atoms with van der Waals surface area (Å²) >= 11 is 0. The first-order valence-electron chi connectivity index (χ1n) is 12.0. The maximum atomic E-state index is 10.6. The van der Waals surface area contributed by atoms with Gasteiger partial charge in [0.1, 0.15) is 0 Å². The summed E-state index contributed by atoms with van der Waals surface area (Å²) in [6, 6.07) is 28.8. The zero-order chi connectivity index (χ0) is 30.5. The van der Waals surface area contributed by atoms with Gasteiger partial charge in [-0.25, -0.2) is 25.6 Å². The molecule has 0 aliphatic rings. The van der Waals surface area contributed by atoms with Crippen molar-refractivity contribution in [3.05, 3.63) is 90.5 Å². The number of carbonyl (C=O) groups excluding carboxylic acids is 4. The van der Waals surface area contributed by atoms with Gasteiger partial charge in [0.2, 0.25) is 12.2 Å². The fourth-order valence-corrected chi connectivity index (χ4v) is 4.60. The van der Waals surface area contributed by atoms with Crippen LogP contribution >= 0.6 is 17.2 Å². The van der Waals surface area contributed by atoms with Crippen LogP contribution in [0.15, 0.2) is 79.0 Å². The average Bonchev–Trinajstić information content (AvgIpc) is 3.68. The van der Waals surface area contributed by atoms with Crippen molar-refractivity contribution in [2.45, 2.75) is 0 Å². The Morgan fingerprint density at radius 2 is 1.18 bits per heavy atom. The number of nitrogens with one attached hydrogen (secondary N) is 4. The van der Waals surface area contributed by atoms with Gasteiger partial charge in [-0.1, -0.05) is 48.5 Å². The van der Waals surface area contributed by atoms with Gasteiger partial charge in [-0.3, -0.25) is 9.59 Å². The van der Waals surface area contributed by atoms with Crippen LogP contribution in [0, 0.1) is 0 Å². The topological polar surface area (TPSA) is 179 Å². The van der Waals surface area contributed by atoms with E-state index >= 15 is 0 Å². The monoisotopic (exact) mass is 703 g/mol. The Hall–Kier alpha value is -3.68. The van der Waals surface area contributed by atoms with Gasteiger partial charge in [-0.05, 0) is 57.3 Å². The van der Waals surface area contributed by atoms with Crippen molar-refractivity contribution in [2.24, 2.45) is 0 Å². The molecule has 5 rings (SSSR count). The van der Waals surface area contributed by atoms with Crippen molar-refractivity contribution in [2.75, 3.05) is 14.2 Å². The first-order valence-corrected chi connectivity index (χ1v) is 14.0. The third-order valence-electron chi connectivity index (χ3n) is 5.67. The van der Waals surface area contributed by atoms with Crippen LogP contribution in [-0.2, 0) is 56.2 Å². The first kappa shape index (κ1) is 38.3. The normalized spacial score (nSPS) is 10.0. The molecule has 2 unspecified atom stereocenters. The number of methoxy groups -OCH3 is 2. The summed E-state index contributed by atoms with van der Waals surface area (Å²) in [5.41, 5.74) is 19.7. The number of ether oxygens (including phenoxy) is 2. The molecule has 0 aliphatic heterocycles. The van der Waals surface area contributed by atoms with Crippen molar-refractivity contribution in [1.29, 1.82) is 0 Å².